The molecular weight excluding hydrogens is 504 g/mol. The van der Waals surface area contributed by atoms with Gasteiger partial charge in [0.2, 0.25) is 0 Å². The minimum atomic E-state index is -0.792. The minimum Gasteiger partial charge on any atom is -0.497 e. The number of fused-ring (bicyclic) bond motifs is 1. The van der Waals surface area contributed by atoms with Gasteiger partial charge in [-0.15, -0.1) is 0 Å². The van der Waals surface area contributed by atoms with E-state index in [0.717, 1.165) is 22.3 Å². The van der Waals surface area contributed by atoms with E-state index in [1.54, 1.807) is 62.8 Å². The topological polar surface area (TPSA) is 71.1 Å². The van der Waals surface area contributed by atoms with Crippen LogP contribution in [0.4, 0.5) is 0 Å². The summed E-state index contributed by atoms with van der Waals surface area (Å²) in [4.78, 5) is 27.1. The number of rotatable bonds is 7. The highest BCUT2D eigenvalue weighted by atomic mass is 16.6. The Kier molecular flexibility index (Phi) is 7.87. The maximum atomic E-state index is 13.6. The maximum absolute atomic E-state index is 13.6. The molecule has 4 unspecified atom stereocenters. The van der Waals surface area contributed by atoms with Crippen LogP contribution >= 0.6 is 0 Å². The summed E-state index contributed by atoms with van der Waals surface area (Å²) in [5, 5.41) is 0. The Morgan fingerprint density at radius 1 is 0.600 bits per heavy atom. The molecule has 4 aromatic rings. The zero-order valence-electron chi connectivity index (χ0n) is 23.0. The Balaban J connectivity index is 1.61. The normalized spacial score (nSPS) is 19.7. The number of esters is 2. The third-order valence-electron chi connectivity index (χ3n) is 7.59. The number of hydrogen-bond acceptors (Lipinski definition) is 6. The van der Waals surface area contributed by atoms with Gasteiger partial charge >= 0.3 is 11.9 Å². The fourth-order valence-electron chi connectivity index (χ4n) is 5.50. The van der Waals surface area contributed by atoms with Gasteiger partial charge in [-0.25, -0.2) is 9.59 Å². The Morgan fingerprint density at radius 2 is 1.10 bits per heavy atom. The highest BCUT2D eigenvalue weighted by molar-refractivity contribution is 5.91. The third kappa shape index (κ3) is 5.30. The van der Waals surface area contributed by atoms with E-state index in [1.807, 2.05) is 50.2 Å². The Hall–Kier alpha value is -4.58. The molecule has 6 heteroatoms. The molecule has 1 aliphatic rings. The molecule has 0 amide bonds. The smallest absolute Gasteiger partial charge is 0.338 e. The summed E-state index contributed by atoms with van der Waals surface area (Å²) in [5.41, 5.74) is 4.86. The van der Waals surface area contributed by atoms with E-state index in [9.17, 15) is 9.59 Å². The van der Waals surface area contributed by atoms with Gasteiger partial charge in [-0.2, -0.15) is 0 Å². The van der Waals surface area contributed by atoms with Gasteiger partial charge in [0.15, 0.2) is 6.10 Å². The number of benzene rings is 4. The molecule has 4 aromatic carbocycles. The lowest BCUT2D eigenvalue weighted by molar-refractivity contribution is -0.0532. The standard InChI is InChI=1S/C34H32O6/c1-21-11-5-6-16-27(21)30-29-18-8-7-17-28(29)22(2)31(39-33(35)23-12-9-14-25(19-23)37-3)32(30)40-34(36)24-13-10-15-26(20-24)38-4/h5-20,22,30-32H,1-4H3. The average molecular weight is 537 g/mol. The number of methoxy groups -OCH3 is 2. The van der Waals surface area contributed by atoms with E-state index in [2.05, 4.69) is 12.1 Å². The van der Waals surface area contributed by atoms with E-state index in [-0.39, 0.29) is 11.8 Å². The van der Waals surface area contributed by atoms with Crippen molar-refractivity contribution in [3.05, 3.63) is 130 Å². The molecule has 0 heterocycles. The van der Waals surface area contributed by atoms with E-state index in [4.69, 9.17) is 18.9 Å². The predicted molar refractivity (Wildman–Crippen MR) is 152 cm³/mol. The van der Waals surface area contributed by atoms with Gasteiger partial charge in [0, 0.05) is 5.92 Å². The van der Waals surface area contributed by atoms with Crippen LogP contribution in [0.2, 0.25) is 0 Å². The molecule has 0 spiro atoms. The van der Waals surface area contributed by atoms with Crippen molar-refractivity contribution in [2.24, 2.45) is 0 Å². The summed E-state index contributed by atoms with van der Waals surface area (Å²) in [6, 6.07) is 29.8. The zero-order chi connectivity index (χ0) is 28.2. The molecule has 6 nitrogen and oxygen atoms in total. The first-order valence-electron chi connectivity index (χ1n) is 13.3. The monoisotopic (exact) mass is 536 g/mol. The highest BCUT2D eigenvalue weighted by Crippen LogP contribution is 2.46. The summed E-state index contributed by atoms with van der Waals surface area (Å²) in [5.74, 6) is -0.526. The molecule has 40 heavy (non-hydrogen) atoms. The molecule has 0 aliphatic heterocycles. The molecule has 204 valence electrons. The van der Waals surface area contributed by atoms with Gasteiger partial charge in [0.25, 0.3) is 0 Å². The molecule has 4 atom stereocenters. The Morgan fingerprint density at radius 3 is 1.65 bits per heavy atom. The van der Waals surface area contributed by atoms with Gasteiger partial charge in [0.05, 0.1) is 31.3 Å². The summed E-state index contributed by atoms with van der Waals surface area (Å²) in [6.45, 7) is 4.04. The van der Waals surface area contributed by atoms with E-state index in [0.29, 0.717) is 22.6 Å². The zero-order valence-corrected chi connectivity index (χ0v) is 23.0. The quantitative estimate of drug-likeness (QED) is 0.245. The molecule has 0 bridgehead atoms. The summed E-state index contributed by atoms with van der Waals surface area (Å²) in [7, 11) is 3.10. The average Bonchev–Trinajstić information content (AvgIpc) is 2.99. The van der Waals surface area contributed by atoms with Crippen LogP contribution in [0.5, 0.6) is 11.5 Å². The molecule has 0 saturated carbocycles. The summed E-state index contributed by atoms with van der Waals surface area (Å²) in [6.07, 6.45) is -1.55. The number of hydrogen-bond donors (Lipinski definition) is 0. The molecule has 1 aliphatic carbocycles. The second kappa shape index (κ2) is 11.7. The van der Waals surface area contributed by atoms with Crippen LogP contribution in [0.1, 0.15) is 61.7 Å². The molecule has 0 N–H and O–H groups in total. The van der Waals surface area contributed by atoms with Crippen LogP contribution in [-0.2, 0) is 9.47 Å². The second-order valence-electron chi connectivity index (χ2n) is 9.96. The van der Waals surface area contributed by atoms with Gasteiger partial charge in [-0.3, -0.25) is 0 Å². The molecule has 0 aromatic heterocycles. The van der Waals surface area contributed by atoms with E-state index < -0.39 is 24.1 Å². The van der Waals surface area contributed by atoms with Crippen molar-refractivity contribution in [3.63, 3.8) is 0 Å². The van der Waals surface area contributed by atoms with Gasteiger partial charge in [0.1, 0.15) is 17.6 Å². The second-order valence-corrected chi connectivity index (χ2v) is 9.96. The van der Waals surface area contributed by atoms with Crippen molar-refractivity contribution < 1.29 is 28.5 Å². The van der Waals surface area contributed by atoms with Gasteiger partial charge in [-0.05, 0) is 65.6 Å². The first-order chi connectivity index (χ1) is 19.4. The van der Waals surface area contributed by atoms with Crippen molar-refractivity contribution in [1.82, 2.24) is 0 Å². The summed E-state index contributed by atoms with van der Waals surface area (Å²) < 4.78 is 23.2. The minimum absolute atomic E-state index is 0.242. The first kappa shape index (κ1) is 27.0. The van der Waals surface area contributed by atoms with Crippen LogP contribution in [0, 0.1) is 6.92 Å². The van der Waals surface area contributed by atoms with Crippen molar-refractivity contribution in [3.8, 4) is 11.5 Å². The van der Waals surface area contributed by atoms with E-state index >= 15 is 0 Å². The lowest BCUT2D eigenvalue weighted by Crippen LogP contribution is -2.46. The molecule has 0 saturated heterocycles. The molecule has 0 fully saturated rings. The summed E-state index contributed by atoms with van der Waals surface area (Å²) >= 11 is 0. The molecule has 5 rings (SSSR count). The van der Waals surface area contributed by atoms with Crippen LogP contribution in [0.15, 0.2) is 97.1 Å². The van der Waals surface area contributed by atoms with Crippen LogP contribution in [-0.4, -0.2) is 38.4 Å². The highest BCUT2D eigenvalue weighted by Gasteiger charge is 2.46. The SMILES string of the molecule is COc1cccc(C(=O)OC2C(C)c3ccccc3C(c3ccccc3C)C2OC(=O)c2cccc(OC)c2)c1. The van der Waals surface area contributed by atoms with Crippen LogP contribution < -0.4 is 9.47 Å². The van der Waals surface area contributed by atoms with Gasteiger partial charge in [-0.1, -0.05) is 67.6 Å². The third-order valence-corrected chi connectivity index (χ3v) is 7.59. The number of ether oxygens (including phenoxy) is 4. The first-order valence-corrected chi connectivity index (χ1v) is 13.3. The molecule has 0 radical (unpaired) electrons. The van der Waals surface area contributed by atoms with Crippen molar-refractivity contribution in [2.45, 2.75) is 37.9 Å². The Labute approximate surface area is 234 Å². The van der Waals surface area contributed by atoms with Crippen molar-refractivity contribution in [2.75, 3.05) is 14.2 Å². The lowest BCUT2D eigenvalue weighted by atomic mass is 9.70. The number of aryl methyl sites for hydroxylation is 1. The number of carbonyl (C=O) groups excluding carboxylic acids is 2. The Bertz CT molecular complexity index is 1530. The fraction of sp³-hybridized carbons (Fsp3) is 0.235. The van der Waals surface area contributed by atoms with Crippen molar-refractivity contribution >= 4 is 11.9 Å². The largest absolute Gasteiger partial charge is 0.497 e. The number of carbonyl (C=O) groups is 2. The fourth-order valence-corrected chi connectivity index (χ4v) is 5.50. The molecular formula is C34H32O6. The van der Waals surface area contributed by atoms with E-state index in [1.165, 1.54) is 0 Å². The predicted octanol–water partition coefficient (Wildman–Crippen LogP) is 6.71. The van der Waals surface area contributed by atoms with Gasteiger partial charge < -0.3 is 18.9 Å². The lowest BCUT2D eigenvalue weighted by Gasteiger charge is -2.42. The maximum Gasteiger partial charge on any atom is 0.338 e. The van der Waals surface area contributed by atoms with Crippen LogP contribution in [0.25, 0.3) is 0 Å². The van der Waals surface area contributed by atoms with Crippen LogP contribution in [0.3, 0.4) is 0 Å². The van der Waals surface area contributed by atoms with Crippen molar-refractivity contribution in [1.29, 1.82) is 0 Å².